The van der Waals surface area contributed by atoms with E-state index < -0.39 is 28.0 Å². The summed E-state index contributed by atoms with van der Waals surface area (Å²) in [6, 6.07) is 1.49. The highest BCUT2D eigenvalue weighted by Gasteiger charge is 2.26. The van der Waals surface area contributed by atoms with Gasteiger partial charge in [0.25, 0.3) is 5.69 Å². The van der Waals surface area contributed by atoms with Crippen LogP contribution in [0.3, 0.4) is 0 Å². The largest absolute Gasteiger partial charge is 0.478 e. The number of nitro groups is 1. The van der Waals surface area contributed by atoms with Crippen LogP contribution in [-0.2, 0) is 4.74 Å². The maximum Gasteiger partial charge on any atom is 0.338 e. The van der Waals surface area contributed by atoms with Gasteiger partial charge in [0.1, 0.15) is 17.1 Å². The van der Waals surface area contributed by atoms with Crippen molar-refractivity contribution in [3.05, 3.63) is 33.6 Å². The monoisotopic (exact) mass is 300 g/mol. The molecule has 0 heterocycles. The second kappa shape index (κ2) is 6.98. The molecule has 116 valence electrons. The summed E-state index contributed by atoms with van der Waals surface area (Å²) in [5.74, 6) is -2.55. The standard InChI is InChI=1S/C13H17FN2O5/c1-8(2)15(4-5-21-3)11-7-10(14)9(13(17)18)6-12(11)16(19)20/h6-8H,4-5H2,1-3H3,(H,17,18). The van der Waals surface area contributed by atoms with E-state index in [9.17, 15) is 19.3 Å². The molecule has 1 aromatic rings. The highest BCUT2D eigenvalue weighted by molar-refractivity contribution is 5.90. The summed E-state index contributed by atoms with van der Waals surface area (Å²) >= 11 is 0. The van der Waals surface area contributed by atoms with Crippen LogP contribution in [0, 0.1) is 15.9 Å². The topological polar surface area (TPSA) is 92.9 Å². The lowest BCUT2D eigenvalue weighted by atomic mass is 10.1. The molecule has 0 aromatic heterocycles. The smallest absolute Gasteiger partial charge is 0.338 e. The number of nitrogens with zero attached hydrogens (tertiary/aromatic N) is 2. The molecule has 1 aromatic carbocycles. The van der Waals surface area contributed by atoms with E-state index >= 15 is 0 Å². The molecular formula is C13H17FN2O5. The molecule has 0 spiro atoms. The summed E-state index contributed by atoms with van der Waals surface area (Å²) in [5, 5.41) is 20.0. The second-order valence-corrected chi connectivity index (χ2v) is 4.66. The van der Waals surface area contributed by atoms with Gasteiger partial charge in [-0.3, -0.25) is 10.1 Å². The summed E-state index contributed by atoms with van der Waals surface area (Å²) in [6.07, 6.45) is 0. The van der Waals surface area contributed by atoms with E-state index in [2.05, 4.69) is 0 Å². The molecule has 0 saturated carbocycles. The molecule has 21 heavy (non-hydrogen) atoms. The zero-order chi connectivity index (χ0) is 16.2. The van der Waals surface area contributed by atoms with Gasteiger partial charge in [-0.05, 0) is 13.8 Å². The number of nitro benzene ring substituents is 1. The van der Waals surface area contributed by atoms with Crippen molar-refractivity contribution in [1.82, 2.24) is 0 Å². The fraction of sp³-hybridized carbons (Fsp3) is 0.462. The average molecular weight is 300 g/mol. The van der Waals surface area contributed by atoms with E-state index in [-0.39, 0.29) is 11.7 Å². The van der Waals surface area contributed by atoms with Gasteiger partial charge < -0.3 is 14.7 Å². The van der Waals surface area contributed by atoms with Gasteiger partial charge in [0.05, 0.1) is 11.5 Å². The van der Waals surface area contributed by atoms with Gasteiger partial charge in [-0.15, -0.1) is 0 Å². The van der Waals surface area contributed by atoms with Crippen molar-refractivity contribution in [1.29, 1.82) is 0 Å². The molecule has 7 nitrogen and oxygen atoms in total. The molecule has 0 aliphatic rings. The molecule has 0 aliphatic heterocycles. The number of hydrogen-bond donors (Lipinski definition) is 1. The maximum absolute atomic E-state index is 13.8. The number of carbonyl (C=O) groups is 1. The van der Waals surface area contributed by atoms with Crippen LogP contribution in [0.15, 0.2) is 12.1 Å². The fourth-order valence-corrected chi connectivity index (χ4v) is 1.94. The molecule has 8 heteroatoms. The third kappa shape index (κ3) is 3.88. The number of methoxy groups -OCH3 is 1. The lowest BCUT2D eigenvalue weighted by Gasteiger charge is -2.28. The number of rotatable bonds is 7. The molecule has 0 unspecified atom stereocenters. The van der Waals surface area contributed by atoms with Crippen LogP contribution >= 0.6 is 0 Å². The number of carboxylic acids is 1. The van der Waals surface area contributed by atoms with E-state index in [1.54, 1.807) is 18.7 Å². The molecule has 0 aliphatic carbocycles. The third-order valence-corrected chi connectivity index (χ3v) is 2.96. The van der Waals surface area contributed by atoms with Gasteiger partial charge in [-0.2, -0.15) is 0 Å². The minimum absolute atomic E-state index is 0.0366. The zero-order valence-corrected chi connectivity index (χ0v) is 12.0. The van der Waals surface area contributed by atoms with Crippen molar-refractivity contribution in [2.45, 2.75) is 19.9 Å². The maximum atomic E-state index is 13.8. The Balaban J connectivity index is 3.41. The summed E-state index contributed by atoms with van der Waals surface area (Å²) in [6.45, 7) is 4.21. The molecule has 0 amide bonds. The number of carboxylic acid groups (broad SMARTS) is 1. The third-order valence-electron chi connectivity index (χ3n) is 2.96. The molecule has 0 atom stereocenters. The van der Waals surface area contributed by atoms with E-state index in [1.165, 1.54) is 7.11 Å². The van der Waals surface area contributed by atoms with Crippen molar-refractivity contribution >= 4 is 17.3 Å². The van der Waals surface area contributed by atoms with Gasteiger partial charge in [0.15, 0.2) is 0 Å². The summed E-state index contributed by atoms with van der Waals surface area (Å²) in [7, 11) is 1.49. The Bertz CT molecular complexity index is 548. The van der Waals surface area contributed by atoms with Crippen LogP contribution in [-0.4, -0.2) is 42.3 Å². The molecule has 0 saturated heterocycles. The van der Waals surface area contributed by atoms with Gasteiger partial charge in [-0.25, -0.2) is 9.18 Å². The first-order chi connectivity index (χ1) is 9.79. The van der Waals surface area contributed by atoms with E-state index in [0.29, 0.717) is 13.2 Å². The van der Waals surface area contributed by atoms with Gasteiger partial charge in [0.2, 0.25) is 0 Å². The lowest BCUT2D eigenvalue weighted by Crippen LogP contribution is -2.34. The van der Waals surface area contributed by atoms with Crippen molar-refractivity contribution < 1.29 is 24.0 Å². The summed E-state index contributed by atoms with van der Waals surface area (Å²) in [4.78, 5) is 22.9. The van der Waals surface area contributed by atoms with Crippen LogP contribution in [0.1, 0.15) is 24.2 Å². The lowest BCUT2D eigenvalue weighted by molar-refractivity contribution is -0.384. The Labute approximate surface area is 121 Å². The number of halogens is 1. The molecule has 0 bridgehead atoms. The van der Waals surface area contributed by atoms with Gasteiger partial charge in [0, 0.05) is 31.8 Å². The number of anilines is 1. The van der Waals surface area contributed by atoms with Crippen molar-refractivity contribution in [2.24, 2.45) is 0 Å². The van der Waals surface area contributed by atoms with Crippen molar-refractivity contribution in [3.63, 3.8) is 0 Å². The van der Waals surface area contributed by atoms with Crippen LogP contribution < -0.4 is 4.90 Å². The normalized spacial score (nSPS) is 10.7. The molecule has 1 N–H and O–H groups in total. The number of hydrogen-bond acceptors (Lipinski definition) is 5. The minimum atomic E-state index is -1.55. The van der Waals surface area contributed by atoms with E-state index in [0.717, 1.165) is 12.1 Å². The first-order valence-electron chi connectivity index (χ1n) is 6.26. The first kappa shape index (κ1) is 16.8. The van der Waals surface area contributed by atoms with Gasteiger partial charge >= 0.3 is 5.97 Å². The molecule has 0 radical (unpaired) electrons. The average Bonchev–Trinajstić information content (AvgIpc) is 2.37. The van der Waals surface area contributed by atoms with Crippen molar-refractivity contribution in [3.8, 4) is 0 Å². The predicted molar refractivity (Wildman–Crippen MR) is 74.4 cm³/mol. The highest BCUT2D eigenvalue weighted by Crippen LogP contribution is 2.32. The SMILES string of the molecule is COCCN(c1cc(F)c(C(=O)O)cc1[N+](=O)[O-])C(C)C. The van der Waals surface area contributed by atoms with E-state index in [1.807, 2.05) is 0 Å². The van der Waals surface area contributed by atoms with Gasteiger partial charge in [-0.1, -0.05) is 0 Å². The summed E-state index contributed by atoms with van der Waals surface area (Å²) in [5.41, 5.74) is -1.13. The Morgan fingerprint density at radius 2 is 2.14 bits per heavy atom. The molecule has 1 rings (SSSR count). The number of ether oxygens (including phenoxy) is 1. The number of benzene rings is 1. The molecule has 0 fully saturated rings. The van der Waals surface area contributed by atoms with E-state index in [4.69, 9.17) is 9.84 Å². The second-order valence-electron chi connectivity index (χ2n) is 4.66. The Kier molecular flexibility index (Phi) is 5.60. The van der Waals surface area contributed by atoms with Crippen LogP contribution in [0.2, 0.25) is 0 Å². The summed E-state index contributed by atoms with van der Waals surface area (Å²) < 4.78 is 18.8. The highest BCUT2D eigenvalue weighted by atomic mass is 19.1. The number of aromatic carboxylic acids is 1. The minimum Gasteiger partial charge on any atom is -0.478 e. The Morgan fingerprint density at radius 3 is 2.57 bits per heavy atom. The Hall–Kier alpha value is -2.22. The van der Waals surface area contributed by atoms with Crippen LogP contribution in [0.5, 0.6) is 0 Å². The van der Waals surface area contributed by atoms with Crippen LogP contribution in [0.25, 0.3) is 0 Å². The first-order valence-corrected chi connectivity index (χ1v) is 6.26. The molecular weight excluding hydrogens is 283 g/mol. The fourth-order valence-electron chi connectivity index (χ4n) is 1.94. The Morgan fingerprint density at radius 1 is 1.52 bits per heavy atom. The van der Waals surface area contributed by atoms with Crippen molar-refractivity contribution in [2.75, 3.05) is 25.2 Å². The predicted octanol–water partition coefficient (Wildman–Crippen LogP) is 2.29. The zero-order valence-electron chi connectivity index (χ0n) is 12.0. The quantitative estimate of drug-likeness (QED) is 0.613. The van der Waals surface area contributed by atoms with Crippen LogP contribution in [0.4, 0.5) is 15.8 Å².